The number of nitrogens with one attached hydrogen (secondary N) is 2. The summed E-state index contributed by atoms with van der Waals surface area (Å²) in [7, 11) is 2.15. The number of likely N-dealkylation sites (tertiary alicyclic amines) is 1. The smallest absolute Gasteiger partial charge is 0.357 e. The van der Waals surface area contributed by atoms with E-state index in [1.54, 1.807) is 0 Å². The Morgan fingerprint density at radius 3 is 2.69 bits per heavy atom. The molecule has 0 unspecified atom stereocenters. The average Bonchev–Trinajstić information content (AvgIpc) is 3.06. The van der Waals surface area contributed by atoms with Crippen LogP contribution in [0.5, 0.6) is 0 Å². The molecule has 0 atom stereocenters. The van der Waals surface area contributed by atoms with Gasteiger partial charge in [-0.15, -0.1) is 11.3 Å². The zero-order chi connectivity index (χ0) is 19.0. The molecule has 9 heteroatoms. The molecule has 1 saturated heterocycles. The number of hydrogen-bond donors (Lipinski definition) is 2. The summed E-state index contributed by atoms with van der Waals surface area (Å²) in [6.45, 7) is 6.31. The number of aliphatic imine (C=N–C) groups is 1. The molecule has 148 valence electrons. The summed E-state index contributed by atoms with van der Waals surface area (Å²) >= 11 is 1.04. The van der Waals surface area contributed by atoms with Gasteiger partial charge in [0, 0.05) is 31.4 Å². The second kappa shape index (κ2) is 10.1. The maximum atomic E-state index is 12.6. The maximum Gasteiger partial charge on any atom is 0.434 e. The monoisotopic (exact) mass is 391 g/mol. The van der Waals surface area contributed by atoms with E-state index in [1.165, 1.54) is 12.8 Å². The predicted octanol–water partition coefficient (Wildman–Crippen LogP) is 2.99. The van der Waals surface area contributed by atoms with Crippen LogP contribution in [-0.2, 0) is 12.6 Å². The first kappa shape index (κ1) is 21.0. The van der Waals surface area contributed by atoms with E-state index in [9.17, 15) is 13.2 Å². The second-order valence-corrected chi connectivity index (χ2v) is 7.54. The molecule has 0 radical (unpaired) electrons. The van der Waals surface area contributed by atoms with Gasteiger partial charge in [-0.25, -0.2) is 4.98 Å². The number of halogens is 3. The van der Waals surface area contributed by atoms with Gasteiger partial charge in [-0.2, -0.15) is 13.2 Å². The normalized spacial score (nSPS) is 17.5. The molecular weight excluding hydrogens is 363 g/mol. The fourth-order valence-electron chi connectivity index (χ4n) is 2.90. The molecule has 1 aliphatic rings. The van der Waals surface area contributed by atoms with Gasteiger partial charge in [-0.05, 0) is 52.2 Å². The lowest BCUT2D eigenvalue weighted by atomic mass is 9.94. The van der Waals surface area contributed by atoms with Crippen LogP contribution in [0.4, 0.5) is 13.2 Å². The molecule has 2 heterocycles. The molecule has 0 bridgehead atoms. The fourth-order valence-corrected chi connectivity index (χ4v) is 3.70. The minimum Gasteiger partial charge on any atom is -0.357 e. The molecule has 1 aromatic heterocycles. The van der Waals surface area contributed by atoms with Gasteiger partial charge < -0.3 is 15.5 Å². The number of rotatable bonds is 7. The van der Waals surface area contributed by atoms with E-state index >= 15 is 0 Å². The fraction of sp³-hybridized carbons (Fsp3) is 0.765. The van der Waals surface area contributed by atoms with Crippen LogP contribution in [0.2, 0.25) is 0 Å². The van der Waals surface area contributed by atoms with Crippen molar-refractivity contribution in [2.24, 2.45) is 10.9 Å². The van der Waals surface area contributed by atoms with Crippen molar-refractivity contribution in [3.63, 3.8) is 0 Å². The van der Waals surface area contributed by atoms with Crippen molar-refractivity contribution in [2.75, 3.05) is 39.8 Å². The van der Waals surface area contributed by atoms with Gasteiger partial charge in [-0.3, -0.25) is 4.99 Å². The van der Waals surface area contributed by atoms with Crippen LogP contribution in [0.3, 0.4) is 0 Å². The summed E-state index contributed by atoms with van der Waals surface area (Å²) in [5, 5.41) is 7.90. The Hall–Kier alpha value is -1.35. The number of thiazole rings is 1. The lowest BCUT2D eigenvalue weighted by molar-refractivity contribution is -0.140. The quantitative estimate of drug-likeness (QED) is 0.554. The molecule has 0 saturated carbocycles. The van der Waals surface area contributed by atoms with Crippen LogP contribution < -0.4 is 10.6 Å². The van der Waals surface area contributed by atoms with E-state index in [2.05, 4.69) is 32.6 Å². The molecular formula is C17H28F3N5S. The molecule has 1 aromatic rings. The number of hydrogen-bond acceptors (Lipinski definition) is 4. The first-order chi connectivity index (χ1) is 12.4. The van der Waals surface area contributed by atoms with Gasteiger partial charge >= 0.3 is 6.18 Å². The first-order valence-corrected chi connectivity index (χ1v) is 9.98. The molecule has 5 nitrogen and oxygen atoms in total. The molecule has 2 N–H and O–H groups in total. The van der Waals surface area contributed by atoms with Crippen LogP contribution >= 0.6 is 11.3 Å². The van der Waals surface area contributed by atoms with Gasteiger partial charge in [0.15, 0.2) is 11.7 Å². The highest BCUT2D eigenvalue weighted by molar-refractivity contribution is 7.09. The number of nitrogens with zero attached hydrogens (tertiary/aromatic N) is 3. The van der Waals surface area contributed by atoms with E-state index in [4.69, 9.17) is 0 Å². The molecule has 26 heavy (non-hydrogen) atoms. The number of alkyl halides is 3. The summed E-state index contributed by atoms with van der Waals surface area (Å²) in [5.74, 6) is 1.45. The molecule has 0 aliphatic carbocycles. The Labute approximate surface area is 157 Å². The third kappa shape index (κ3) is 7.11. The van der Waals surface area contributed by atoms with Crippen LogP contribution in [0.15, 0.2) is 10.4 Å². The standard InChI is InChI=1S/C17H28F3N5S/c1-3-21-16(22-8-4-13-6-10-25(2)11-7-13)23-9-5-15-24-14(12-26-15)17(18,19)20/h12-13H,3-11H2,1-2H3,(H2,21,22,23). The van der Waals surface area contributed by atoms with E-state index in [1.807, 2.05) is 6.92 Å². The first-order valence-electron chi connectivity index (χ1n) is 9.10. The molecule has 0 amide bonds. The summed E-state index contributed by atoms with van der Waals surface area (Å²) in [4.78, 5) is 10.6. The minimum absolute atomic E-state index is 0.445. The van der Waals surface area contributed by atoms with Gasteiger partial charge in [0.1, 0.15) is 0 Å². The minimum atomic E-state index is -4.37. The van der Waals surface area contributed by atoms with Crippen molar-refractivity contribution in [3.8, 4) is 0 Å². The van der Waals surface area contributed by atoms with E-state index < -0.39 is 11.9 Å². The van der Waals surface area contributed by atoms with Crippen molar-refractivity contribution in [3.05, 3.63) is 16.1 Å². The van der Waals surface area contributed by atoms with E-state index in [0.29, 0.717) is 23.9 Å². The number of aromatic nitrogens is 1. The second-order valence-electron chi connectivity index (χ2n) is 6.60. The molecule has 1 fully saturated rings. The molecule has 1 aliphatic heterocycles. The summed E-state index contributed by atoms with van der Waals surface area (Å²) < 4.78 is 37.7. The summed E-state index contributed by atoms with van der Waals surface area (Å²) in [5.41, 5.74) is -0.809. The third-order valence-electron chi connectivity index (χ3n) is 4.46. The van der Waals surface area contributed by atoms with E-state index in [0.717, 1.165) is 55.2 Å². The Balaban J connectivity index is 1.73. The van der Waals surface area contributed by atoms with Gasteiger partial charge in [-0.1, -0.05) is 0 Å². The number of guanidine groups is 1. The van der Waals surface area contributed by atoms with Crippen molar-refractivity contribution < 1.29 is 13.2 Å². The predicted molar refractivity (Wildman–Crippen MR) is 99.6 cm³/mol. The Morgan fingerprint density at radius 2 is 2.08 bits per heavy atom. The highest BCUT2D eigenvalue weighted by Gasteiger charge is 2.33. The zero-order valence-electron chi connectivity index (χ0n) is 15.4. The summed E-state index contributed by atoms with van der Waals surface area (Å²) in [6.07, 6.45) is -0.401. The van der Waals surface area contributed by atoms with Crippen LogP contribution in [0.25, 0.3) is 0 Å². The van der Waals surface area contributed by atoms with Gasteiger partial charge in [0.2, 0.25) is 0 Å². The molecule has 0 aromatic carbocycles. The molecule has 2 rings (SSSR count). The zero-order valence-corrected chi connectivity index (χ0v) is 16.2. The van der Waals surface area contributed by atoms with Gasteiger partial charge in [0.25, 0.3) is 0 Å². The lowest BCUT2D eigenvalue weighted by Crippen LogP contribution is -2.38. The maximum absolute atomic E-state index is 12.6. The Bertz CT molecular complexity index is 565. The SMILES string of the molecule is CCNC(=NCCC1CCN(C)CC1)NCCc1nc(C(F)(F)F)cs1. The van der Waals surface area contributed by atoms with Crippen LogP contribution in [0.1, 0.15) is 36.9 Å². The van der Waals surface area contributed by atoms with Crippen molar-refractivity contribution in [2.45, 2.75) is 38.8 Å². The highest BCUT2D eigenvalue weighted by Crippen LogP contribution is 2.30. The molecule has 0 spiro atoms. The van der Waals surface area contributed by atoms with Crippen molar-refractivity contribution >= 4 is 17.3 Å². The number of piperidine rings is 1. The third-order valence-corrected chi connectivity index (χ3v) is 5.37. The highest BCUT2D eigenvalue weighted by atomic mass is 32.1. The van der Waals surface area contributed by atoms with Crippen LogP contribution in [-0.4, -0.2) is 55.6 Å². The Kier molecular flexibility index (Phi) is 8.15. The summed E-state index contributed by atoms with van der Waals surface area (Å²) in [6, 6.07) is 0. The van der Waals surface area contributed by atoms with Crippen molar-refractivity contribution in [1.29, 1.82) is 0 Å². The van der Waals surface area contributed by atoms with Gasteiger partial charge in [0.05, 0.1) is 5.01 Å². The average molecular weight is 392 g/mol. The van der Waals surface area contributed by atoms with Crippen molar-refractivity contribution in [1.82, 2.24) is 20.5 Å². The largest absolute Gasteiger partial charge is 0.434 e. The Morgan fingerprint density at radius 1 is 1.35 bits per heavy atom. The topological polar surface area (TPSA) is 52.6 Å². The van der Waals surface area contributed by atoms with E-state index in [-0.39, 0.29) is 0 Å². The lowest BCUT2D eigenvalue weighted by Gasteiger charge is -2.28. The van der Waals surface area contributed by atoms with Crippen LogP contribution in [0, 0.1) is 5.92 Å².